The number of hydrogen-bond acceptors (Lipinski definition) is 2. The van der Waals surface area contributed by atoms with Crippen LogP contribution in [0.2, 0.25) is 0 Å². The molecule has 1 unspecified atom stereocenters. The highest BCUT2D eigenvalue weighted by Crippen LogP contribution is 2.34. The Morgan fingerprint density at radius 3 is 2.44 bits per heavy atom. The number of hydrogen-bond donors (Lipinski definition) is 1. The van der Waals surface area contributed by atoms with Crippen LogP contribution < -0.4 is 5.73 Å². The van der Waals surface area contributed by atoms with E-state index in [1.807, 2.05) is 6.07 Å². The highest BCUT2D eigenvalue weighted by atomic mass is 35.5. The quantitative estimate of drug-likeness (QED) is 0.846. The second-order valence-corrected chi connectivity index (χ2v) is 4.99. The molecule has 0 radical (unpaired) electrons. The van der Waals surface area contributed by atoms with Crippen molar-refractivity contribution in [1.82, 2.24) is 0 Å². The molecular weight excluding hydrogens is 220 g/mol. The van der Waals surface area contributed by atoms with Crippen molar-refractivity contribution in [2.75, 3.05) is 0 Å². The van der Waals surface area contributed by atoms with Crippen LogP contribution in [0.4, 0.5) is 0 Å². The topological polar surface area (TPSA) is 38.4 Å². The summed E-state index contributed by atoms with van der Waals surface area (Å²) in [7, 11) is 0. The molecule has 0 aliphatic carbocycles. The van der Waals surface area contributed by atoms with Gasteiger partial charge in [0, 0.05) is 6.42 Å². The Labute approximate surface area is 103 Å². The predicted octanol–water partition coefficient (Wildman–Crippen LogP) is 2.81. The van der Waals surface area contributed by atoms with Gasteiger partial charge in [-0.1, -0.05) is 44.2 Å². The van der Waals surface area contributed by atoms with Crippen LogP contribution in [0, 0.1) is 5.41 Å². The van der Waals surface area contributed by atoms with E-state index in [1.165, 1.54) is 5.56 Å². The summed E-state index contributed by atoms with van der Waals surface area (Å²) in [6, 6.07) is 10.8. The second-order valence-electron chi connectivity index (χ2n) is 4.99. The van der Waals surface area contributed by atoms with Gasteiger partial charge in [-0.3, -0.25) is 4.99 Å². The van der Waals surface area contributed by atoms with Gasteiger partial charge in [-0.2, -0.15) is 0 Å². The molecule has 1 aliphatic rings. The van der Waals surface area contributed by atoms with Crippen molar-refractivity contribution in [2.45, 2.75) is 32.7 Å². The van der Waals surface area contributed by atoms with Crippen molar-refractivity contribution >= 4 is 18.2 Å². The third-order valence-electron chi connectivity index (χ3n) is 3.13. The largest absolute Gasteiger partial charge is 0.387 e. The molecule has 0 fully saturated rings. The smallest absolute Gasteiger partial charge is 0.0947 e. The van der Waals surface area contributed by atoms with Gasteiger partial charge in [0.05, 0.1) is 11.9 Å². The number of nitrogens with two attached hydrogens (primary N) is 1. The van der Waals surface area contributed by atoms with E-state index in [0.717, 1.165) is 18.7 Å². The zero-order valence-corrected chi connectivity index (χ0v) is 10.6. The Morgan fingerprint density at radius 2 is 1.94 bits per heavy atom. The maximum absolute atomic E-state index is 5.80. The molecule has 0 bridgehead atoms. The molecule has 0 saturated heterocycles. The van der Waals surface area contributed by atoms with Crippen LogP contribution in [0.5, 0.6) is 0 Å². The zero-order valence-electron chi connectivity index (χ0n) is 9.81. The summed E-state index contributed by atoms with van der Waals surface area (Å²) in [6.07, 6.45) is 1.92. The molecular formula is C13H19ClN2. The van der Waals surface area contributed by atoms with Gasteiger partial charge >= 0.3 is 0 Å². The van der Waals surface area contributed by atoms with Gasteiger partial charge in [-0.15, -0.1) is 12.4 Å². The molecule has 0 amide bonds. The summed E-state index contributed by atoms with van der Waals surface area (Å²) < 4.78 is 0. The van der Waals surface area contributed by atoms with Crippen LogP contribution >= 0.6 is 12.4 Å². The maximum atomic E-state index is 5.80. The molecule has 0 saturated carbocycles. The van der Waals surface area contributed by atoms with Gasteiger partial charge in [0.25, 0.3) is 0 Å². The maximum Gasteiger partial charge on any atom is 0.0947 e. The van der Waals surface area contributed by atoms with Crippen molar-refractivity contribution < 1.29 is 0 Å². The lowest BCUT2D eigenvalue weighted by molar-refractivity contribution is 0.322. The van der Waals surface area contributed by atoms with Crippen molar-refractivity contribution in [2.24, 2.45) is 16.1 Å². The number of amidine groups is 1. The normalized spacial score (nSPS) is 22.4. The monoisotopic (exact) mass is 238 g/mol. The summed E-state index contributed by atoms with van der Waals surface area (Å²) >= 11 is 0. The van der Waals surface area contributed by atoms with Crippen LogP contribution in [-0.2, 0) is 6.42 Å². The molecule has 0 spiro atoms. The fourth-order valence-electron chi connectivity index (χ4n) is 2.16. The van der Waals surface area contributed by atoms with Gasteiger partial charge in [0.15, 0.2) is 0 Å². The second kappa shape index (κ2) is 4.88. The SMILES string of the molecule is CC1(C)CC(N)=NC1Cc1ccccc1.Cl. The average Bonchev–Trinajstić information content (AvgIpc) is 2.41. The molecule has 16 heavy (non-hydrogen) atoms. The van der Waals surface area contributed by atoms with E-state index in [2.05, 4.69) is 43.1 Å². The van der Waals surface area contributed by atoms with Crippen molar-refractivity contribution in [1.29, 1.82) is 0 Å². The first-order valence-electron chi connectivity index (χ1n) is 5.44. The molecule has 1 aromatic carbocycles. The Morgan fingerprint density at radius 1 is 1.31 bits per heavy atom. The Kier molecular flexibility index (Phi) is 3.98. The molecule has 2 nitrogen and oxygen atoms in total. The van der Waals surface area contributed by atoms with E-state index in [1.54, 1.807) is 0 Å². The van der Waals surface area contributed by atoms with Crippen LogP contribution in [0.3, 0.4) is 0 Å². The van der Waals surface area contributed by atoms with Crippen LogP contribution in [0.15, 0.2) is 35.3 Å². The molecule has 0 aromatic heterocycles. The molecule has 1 aliphatic heterocycles. The summed E-state index contributed by atoms with van der Waals surface area (Å²) in [6.45, 7) is 4.48. The minimum absolute atomic E-state index is 0. The molecule has 1 atom stereocenters. The number of halogens is 1. The Balaban J connectivity index is 0.00000128. The van der Waals surface area contributed by atoms with Crippen molar-refractivity contribution in [3.63, 3.8) is 0 Å². The third kappa shape index (κ3) is 2.76. The highest BCUT2D eigenvalue weighted by molar-refractivity contribution is 5.85. The van der Waals surface area contributed by atoms with Gasteiger partial charge < -0.3 is 5.73 Å². The van der Waals surface area contributed by atoms with Gasteiger partial charge in [0.2, 0.25) is 0 Å². The molecule has 1 heterocycles. The van der Waals surface area contributed by atoms with Crippen LogP contribution in [0.1, 0.15) is 25.8 Å². The molecule has 3 heteroatoms. The fraction of sp³-hybridized carbons (Fsp3) is 0.462. The lowest BCUT2D eigenvalue weighted by atomic mass is 9.81. The minimum Gasteiger partial charge on any atom is -0.387 e. The first-order chi connectivity index (χ1) is 7.08. The van der Waals surface area contributed by atoms with E-state index in [-0.39, 0.29) is 17.8 Å². The van der Waals surface area contributed by atoms with Crippen molar-refractivity contribution in [3.05, 3.63) is 35.9 Å². The Hall–Kier alpha value is -1.02. The Bertz CT molecular complexity index is 371. The van der Waals surface area contributed by atoms with E-state index < -0.39 is 0 Å². The molecule has 88 valence electrons. The van der Waals surface area contributed by atoms with Crippen molar-refractivity contribution in [3.8, 4) is 0 Å². The lowest BCUT2D eigenvalue weighted by Gasteiger charge is -2.24. The fourth-order valence-corrected chi connectivity index (χ4v) is 2.16. The first-order valence-corrected chi connectivity index (χ1v) is 5.44. The summed E-state index contributed by atoms with van der Waals surface area (Å²) in [4.78, 5) is 4.53. The number of benzene rings is 1. The summed E-state index contributed by atoms with van der Waals surface area (Å²) in [5, 5.41) is 0. The number of nitrogens with zero attached hydrogens (tertiary/aromatic N) is 1. The average molecular weight is 239 g/mol. The van der Waals surface area contributed by atoms with E-state index in [4.69, 9.17) is 5.73 Å². The molecule has 2 rings (SSSR count). The van der Waals surface area contributed by atoms with Gasteiger partial charge in [-0.25, -0.2) is 0 Å². The minimum atomic E-state index is 0. The molecule has 1 aromatic rings. The molecule has 2 N–H and O–H groups in total. The zero-order chi connectivity index (χ0) is 10.9. The van der Waals surface area contributed by atoms with E-state index in [9.17, 15) is 0 Å². The van der Waals surface area contributed by atoms with Crippen LogP contribution in [-0.4, -0.2) is 11.9 Å². The van der Waals surface area contributed by atoms with Gasteiger partial charge in [0.1, 0.15) is 0 Å². The predicted molar refractivity (Wildman–Crippen MR) is 71.2 cm³/mol. The lowest BCUT2D eigenvalue weighted by Crippen LogP contribution is -2.26. The number of rotatable bonds is 2. The van der Waals surface area contributed by atoms with E-state index >= 15 is 0 Å². The summed E-state index contributed by atoms with van der Waals surface area (Å²) in [5.74, 6) is 0.806. The van der Waals surface area contributed by atoms with Gasteiger partial charge in [-0.05, 0) is 17.4 Å². The van der Waals surface area contributed by atoms with E-state index in [0.29, 0.717) is 6.04 Å². The number of aliphatic imine (C=N–C) groups is 1. The first kappa shape index (κ1) is 13.0. The standard InChI is InChI=1S/C13H18N2.ClH/c1-13(2)9-12(14)15-11(13)8-10-6-4-3-5-7-10;/h3-7,11H,8-9H2,1-2H3,(H2,14,15);1H. The highest BCUT2D eigenvalue weighted by Gasteiger charge is 2.35. The summed E-state index contributed by atoms with van der Waals surface area (Å²) in [5.41, 5.74) is 7.35. The third-order valence-corrected chi connectivity index (χ3v) is 3.13. The van der Waals surface area contributed by atoms with Crippen LogP contribution in [0.25, 0.3) is 0 Å².